The Labute approximate surface area is 118 Å². The van der Waals surface area contributed by atoms with Crippen LogP contribution in [0.25, 0.3) is 0 Å². The average Bonchev–Trinajstić information content (AvgIpc) is 2.34. The van der Waals surface area contributed by atoms with Crippen molar-refractivity contribution in [1.82, 2.24) is 14.8 Å². The van der Waals surface area contributed by atoms with E-state index in [0.29, 0.717) is 17.3 Å². The van der Waals surface area contributed by atoms with Gasteiger partial charge in [0.15, 0.2) is 6.61 Å². The number of rotatable bonds is 6. The molecular formula is C12H19ClN4O2. The summed E-state index contributed by atoms with van der Waals surface area (Å²) >= 11 is 5.72. The number of anilines is 1. The molecule has 0 saturated carbocycles. The highest BCUT2D eigenvalue weighted by Gasteiger charge is 2.11. The van der Waals surface area contributed by atoms with Crippen molar-refractivity contribution in [3.8, 4) is 5.88 Å². The summed E-state index contributed by atoms with van der Waals surface area (Å²) in [6.45, 7) is 1.34. The van der Waals surface area contributed by atoms with Crippen LogP contribution in [0.15, 0.2) is 12.3 Å². The predicted octanol–water partition coefficient (Wildman–Crippen LogP) is 0.716. The van der Waals surface area contributed by atoms with E-state index in [9.17, 15) is 4.79 Å². The fourth-order valence-corrected chi connectivity index (χ4v) is 1.44. The van der Waals surface area contributed by atoms with Crippen molar-refractivity contribution in [3.05, 3.63) is 17.3 Å². The molecule has 0 bridgehead atoms. The van der Waals surface area contributed by atoms with Crippen LogP contribution in [-0.2, 0) is 4.79 Å². The molecule has 1 heterocycles. The fraction of sp³-hybridized carbons (Fsp3) is 0.500. The molecule has 6 nitrogen and oxygen atoms in total. The van der Waals surface area contributed by atoms with Crippen LogP contribution in [0.1, 0.15) is 0 Å². The lowest BCUT2D eigenvalue weighted by molar-refractivity contribution is -0.132. The SMILES string of the molecule is CN(C)CCN(C)C(=O)COc1ncc(Cl)cc1N. The molecular weight excluding hydrogens is 268 g/mol. The van der Waals surface area contributed by atoms with Gasteiger partial charge in [-0.25, -0.2) is 4.98 Å². The van der Waals surface area contributed by atoms with Gasteiger partial charge < -0.3 is 20.3 Å². The van der Waals surface area contributed by atoms with Crippen molar-refractivity contribution >= 4 is 23.2 Å². The number of nitrogen functional groups attached to an aromatic ring is 1. The Kier molecular flexibility index (Phi) is 5.85. The highest BCUT2D eigenvalue weighted by atomic mass is 35.5. The molecule has 7 heteroatoms. The lowest BCUT2D eigenvalue weighted by Crippen LogP contribution is -2.36. The second-order valence-electron chi connectivity index (χ2n) is 4.46. The Bertz CT molecular complexity index is 440. The van der Waals surface area contributed by atoms with Crippen molar-refractivity contribution in [2.24, 2.45) is 0 Å². The predicted molar refractivity (Wildman–Crippen MR) is 75.3 cm³/mol. The summed E-state index contributed by atoms with van der Waals surface area (Å²) in [5.41, 5.74) is 5.99. The number of halogens is 1. The molecule has 106 valence electrons. The van der Waals surface area contributed by atoms with Gasteiger partial charge in [0.2, 0.25) is 5.88 Å². The Balaban J connectivity index is 2.45. The number of ether oxygens (including phenoxy) is 1. The van der Waals surface area contributed by atoms with Crippen molar-refractivity contribution in [3.63, 3.8) is 0 Å². The molecule has 1 amide bonds. The number of hydrogen-bond acceptors (Lipinski definition) is 5. The maximum atomic E-state index is 11.8. The van der Waals surface area contributed by atoms with E-state index < -0.39 is 0 Å². The van der Waals surface area contributed by atoms with Gasteiger partial charge in [-0.1, -0.05) is 11.6 Å². The van der Waals surface area contributed by atoms with E-state index in [1.54, 1.807) is 11.9 Å². The molecule has 0 aliphatic rings. The van der Waals surface area contributed by atoms with E-state index in [4.69, 9.17) is 22.1 Å². The first-order valence-corrected chi connectivity index (χ1v) is 6.20. The highest BCUT2D eigenvalue weighted by molar-refractivity contribution is 6.30. The van der Waals surface area contributed by atoms with Gasteiger partial charge in [0.25, 0.3) is 5.91 Å². The van der Waals surface area contributed by atoms with Crippen LogP contribution in [0.4, 0.5) is 5.69 Å². The molecule has 1 aromatic rings. The van der Waals surface area contributed by atoms with Gasteiger partial charge >= 0.3 is 0 Å². The largest absolute Gasteiger partial charge is 0.466 e. The summed E-state index contributed by atoms with van der Waals surface area (Å²) in [6.07, 6.45) is 1.42. The number of carbonyl (C=O) groups is 1. The third-order valence-electron chi connectivity index (χ3n) is 2.49. The highest BCUT2D eigenvalue weighted by Crippen LogP contribution is 2.21. The minimum absolute atomic E-state index is 0.0945. The normalized spacial score (nSPS) is 10.6. The molecule has 19 heavy (non-hydrogen) atoms. The first-order valence-electron chi connectivity index (χ1n) is 5.82. The summed E-state index contributed by atoms with van der Waals surface area (Å²) in [7, 11) is 5.63. The van der Waals surface area contributed by atoms with E-state index in [0.717, 1.165) is 6.54 Å². The van der Waals surface area contributed by atoms with Gasteiger partial charge in [-0.3, -0.25) is 4.79 Å². The topological polar surface area (TPSA) is 71.7 Å². The minimum atomic E-state index is -0.127. The fourth-order valence-electron chi connectivity index (χ4n) is 1.28. The molecule has 0 atom stereocenters. The first-order chi connectivity index (χ1) is 8.90. The zero-order valence-corrected chi connectivity index (χ0v) is 12.1. The number of pyridine rings is 1. The Morgan fingerprint density at radius 2 is 2.11 bits per heavy atom. The lowest BCUT2D eigenvalue weighted by atomic mass is 10.4. The van der Waals surface area contributed by atoms with Gasteiger partial charge in [-0.15, -0.1) is 0 Å². The van der Waals surface area contributed by atoms with E-state index >= 15 is 0 Å². The van der Waals surface area contributed by atoms with E-state index in [-0.39, 0.29) is 18.4 Å². The maximum Gasteiger partial charge on any atom is 0.260 e. The number of carbonyl (C=O) groups excluding carboxylic acids is 1. The molecule has 0 aliphatic heterocycles. The van der Waals surface area contributed by atoms with Crippen LogP contribution >= 0.6 is 11.6 Å². The Hall–Kier alpha value is -1.53. The quantitative estimate of drug-likeness (QED) is 0.834. The molecule has 2 N–H and O–H groups in total. The smallest absolute Gasteiger partial charge is 0.260 e. The number of aromatic nitrogens is 1. The van der Waals surface area contributed by atoms with Gasteiger partial charge in [0.1, 0.15) is 0 Å². The second kappa shape index (κ2) is 7.16. The van der Waals surface area contributed by atoms with Gasteiger partial charge in [0, 0.05) is 26.3 Å². The molecule has 0 spiro atoms. The standard InChI is InChI=1S/C12H19ClN4O2/c1-16(2)4-5-17(3)11(18)8-19-12-10(14)6-9(13)7-15-12/h6-7H,4-5,8,14H2,1-3H3. The molecule has 0 saturated heterocycles. The zero-order valence-electron chi connectivity index (χ0n) is 11.4. The third kappa shape index (κ3) is 5.32. The van der Waals surface area contributed by atoms with Gasteiger partial charge in [-0.2, -0.15) is 0 Å². The lowest BCUT2D eigenvalue weighted by Gasteiger charge is -2.19. The summed E-state index contributed by atoms with van der Waals surface area (Å²) in [5, 5.41) is 0.430. The average molecular weight is 287 g/mol. The molecule has 1 aromatic heterocycles. The number of nitrogens with zero attached hydrogens (tertiary/aromatic N) is 3. The Morgan fingerprint density at radius 1 is 1.42 bits per heavy atom. The zero-order chi connectivity index (χ0) is 14.4. The molecule has 0 aromatic carbocycles. The molecule has 1 rings (SSSR count). The number of nitrogens with two attached hydrogens (primary N) is 1. The van der Waals surface area contributed by atoms with Crippen LogP contribution in [0.5, 0.6) is 5.88 Å². The minimum Gasteiger partial charge on any atom is -0.466 e. The number of likely N-dealkylation sites (N-methyl/N-ethyl adjacent to an activating group) is 2. The first kappa shape index (κ1) is 15.5. The van der Waals surface area contributed by atoms with Crippen LogP contribution in [0.2, 0.25) is 5.02 Å². The summed E-state index contributed by atoms with van der Waals surface area (Å²) in [4.78, 5) is 19.3. The third-order valence-corrected chi connectivity index (χ3v) is 2.69. The summed E-state index contributed by atoms with van der Waals surface area (Å²) < 4.78 is 5.28. The monoisotopic (exact) mass is 286 g/mol. The molecule has 0 fully saturated rings. The maximum absolute atomic E-state index is 11.8. The van der Waals surface area contributed by atoms with E-state index in [2.05, 4.69) is 4.98 Å². The van der Waals surface area contributed by atoms with E-state index in [1.165, 1.54) is 12.3 Å². The number of hydrogen-bond donors (Lipinski definition) is 1. The van der Waals surface area contributed by atoms with Crippen molar-refractivity contribution in [2.45, 2.75) is 0 Å². The second-order valence-corrected chi connectivity index (χ2v) is 4.89. The molecule has 0 radical (unpaired) electrons. The van der Waals surface area contributed by atoms with Crippen LogP contribution in [-0.4, -0.2) is 61.5 Å². The van der Waals surface area contributed by atoms with E-state index in [1.807, 2.05) is 19.0 Å². The van der Waals surface area contributed by atoms with Crippen molar-refractivity contribution in [1.29, 1.82) is 0 Å². The Morgan fingerprint density at radius 3 is 2.68 bits per heavy atom. The summed E-state index contributed by atoms with van der Waals surface area (Å²) in [5.74, 6) is 0.0942. The van der Waals surface area contributed by atoms with Gasteiger partial charge in [-0.05, 0) is 20.2 Å². The van der Waals surface area contributed by atoms with Crippen LogP contribution < -0.4 is 10.5 Å². The molecule has 0 aliphatic carbocycles. The van der Waals surface area contributed by atoms with Crippen LogP contribution in [0, 0.1) is 0 Å². The van der Waals surface area contributed by atoms with Gasteiger partial charge in [0.05, 0.1) is 10.7 Å². The van der Waals surface area contributed by atoms with Crippen molar-refractivity contribution < 1.29 is 9.53 Å². The number of amides is 1. The molecule has 0 unspecified atom stereocenters. The van der Waals surface area contributed by atoms with Crippen molar-refractivity contribution in [2.75, 3.05) is 46.6 Å². The summed E-state index contributed by atoms with van der Waals surface area (Å²) in [6, 6.07) is 1.53. The van der Waals surface area contributed by atoms with Crippen LogP contribution in [0.3, 0.4) is 0 Å².